The summed E-state index contributed by atoms with van der Waals surface area (Å²) < 4.78 is 33.3. The van der Waals surface area contributed by atoms with Crippen LogP contribution >= 0.6 is 7.82 Å². The van der Waals surface area contributed by atoms with Gasteiger partial charge in [0.1, 0.15) is 6.61 Å². The van der Waals surface area contributed by atoms with Crippen LogP contribution in [0.5, 0.6) is 0 Å². The highest BCUT2D eigenvalue weighted by molar-refractivity contribution is 7.47. The van der Waals surface area contributed by atoms with Crippen LogP contribution in [0.1, 0.15) is 380 Å². The molecule has 0 rings (SSSR count). The molecule has 0 fully saturated rings. The normalized spacial score (nSPS) is 13.3. The predicted molar refractivity (Wildman–Crippen MR) is 381 cm³/mol. The zero-order chi connectivity index (χ0) is 63.7. The maximum atomic E-state index is 12.8. The molecule has 0 radical (unpaired) electrons. The molecular formula is C78H144NO8P. The Bertz CT molecular complexity index is 1670. The first-order valence-corrected chi connectivity index (χ1v) is 39.4. The standard InChI is InChI=1S/C78H144NO8P/c1-3-5-7-9-11-13-15-17-19-21-23-25-27-29-31-33-35-36-37-38-39-40-41-43-45-47-49-51-53-55-57-59-61-63-65-67-69-71-78(81)87-76(75-86-88(82,83)85-73-72-79)74-84-77(80)70-68-66-64-62-60-58-56-54-52-50-48-46-44-42-34-32-30-28-26-24-22-20-18-16-14-12-10-8-6-4-2/h5,7,11,13,17,19,23,25,29,31,35-36,76H,3-4,6,8-10,12,14-16,18,20-22,24,26-28,30,32-34,37-75,79H2,1-2H3,(H,82,83)/b7-5-,13-11-,19-17-,25-23-,31-29-,36-35-. The first-order chi connectivity index (χ1) is 43.3. The Labute approximate surface area is 545 Å². The van der Waals surface area contributed by atoms with Crippen LogP contribution in [0.4, 0.5) is 0 Å². The van der Waals surface area contributed by atoms with E-state index in [0.29, 0.717) is 6.42 Å². The zero-order valence-corrected chi connectivity index (χ0v) is 58.9. The Morgan fingerprint density at radius 2 is 0.625 bits per heavy atom. The molecule has 88 heavy (non-hydrogen) atoms. The number of allylic oxidation sites excluding steroid dienone is 12. The Balaban J connectivity index is 3.80. The van der Waals surface area contributed by atoms with Crippen molar-refractivity contribution in [1.29, 1.82) is 0 Å². The fraction of sp³-hybridized carbons (Fsp3) is 0.821. The first-order valence-electron chi connectivity index (χ1n) is 37.9. The van der Waals surface area contributed by atoms with Crippen molar-refractivity contribution in [3.05, 3.63) is 72.9 Å². The predicted octanol–water partition coefficient (Wildman–Crippen LogP) is 25.1. The van der Waals surface area contributed by atoms with Gasteiger partial charge in [-0.1, -0.05) is 376 Å². The van der Waals surface area contributed by atoms with E-state index in [-0.39, 0.29) is 38.6 Å². The Hall–Kier alpha value is -2.55. The van der Waals surface area contributed by atoms with Gasteiger partial charge in [0.05, 0.1) is 13.2 Å². The molecule has 0 bridgehead atoms. The number of hydrogen-bond acceptors (Lipinski definition) is 8. The number of unbranched alkanes of at least 4 members (excludes halogenated alkanes) is 47. The molecule has 514 valence electrons. The maximum absolute atomic E-state index is 12.8. The summed E-state index contributed by atoms with van der Waals surface area (Å²) in [5, 5.41) is 0. The van der Waals surface area contributed by atoms with Crippen LogP contribution in [0.2, 0.25) is 0 Å². The highest BCUT2D eigenvalue weighted by atomic mass is 31.2. The van der Waals surface area contributed by atoms with Crippen LogP contribution in [-0.4, -0.2) is 49.3 Å². The van der Waals surface area contributed by atoms with Crippen LogP contribution in [0.15, 0.2) is 72.9 Å². The molecule has 0 aromatic carbocycles. The van der Waals surface area contributed by atoms with E-state index >= 15 is 0 Å². The van der Waals surface area contributed by atoms with Crippen molar-refractivity contribution >= 4 is 19.8 Å². The minimum absolute atomic E-state index is 0.0546. The second-order valence-electron chi connectivity index (χ2n) is 25.5. The van der Waals surface area contributed by atoms with Crippen LogP contribution in [0.3, 0.4) is 0 Å². The molecule has 0 aromatic heterocycles. The van der Waals surface area contributed by atoms with Crippen LogP contribution in [0.25, 0.3) is 0 Å². The summed E-state index contributed by atoms with van der Waals surface area (Å²) in [6.07, 6.45) is 97.4. The summed E-state index contributed by atoms with van der Waals surface area (Å²) in [4.78, 5) is 35.4. The van der Waals surface area contributed by atoms with Gasteiger partial charge in [-0.3, -0.25) is 18.6 Å². The average molecular weight is 1250 g/mol. The van der Waals surface area contributed by atoms with E-state index in [1.807, 2.05) is 0 Å². The fourth-order valence-corrected chi connectivity index (χ4v) is 12.1. The summed E-state index contributed by atoms with van der Waals surface area (Å²) >= 11 is 0. The Morgan fingerprint density at radius 3 is 0.932 bits per heavy atom. The van der Waals surface area contributed by atoms with E-state index in [1.54, 1.807) is 0 Å². The highest BCUT2D eigenvalue weighted by Crippen LogP contribution is 2.43. The molecular weight excluding hydrogens is 1110 g/mol. The van der Waals surface area contributed by atoms with Gasteiger partial charge in [-0.25, -0.2) is 4.57 Å². The van der Waals surface area contributed by atoms with Gasteiger partial charge < -0.3 is 20.1 Å². The van der Waals surface area contributed by atoms with E-state index in [4.69, 9.17) is 24.3 Å². The van der Waals surface area contributed by atoms with Crippen molar-refractivity contribution in [3.63, 3.8) is 0 Å². The number of phosphoric acid groups is 1. The van der Waals surface area contributed by atoms with Gasteiger partial charge in [0.2, 0.25) is 0 Å². The topological polar surface area (TPSA) is 134 Å². The third-order valence-electron chi connectivity index (χ3n) is 16.9. The molecule has 2 unspecified atom stereocenters. The molecule has 3 N–H and O–H groups in total. The quantitative estimate of drug-likeness (QED) is 0.0264. The molecule has 10 heteroatoms. The van der Waals surface area contributed by atoms with E-state index in [2.05, 4.69) is 86.8 Å². The van der Waals surface area contributed by atoms with Gasteiger partial charge in [-0.15, -0.1) is 0 Å². The van der Waals surface area contributed by atoms with E-state index in [0.717, 1.165) is 77.0 Å². The molecule has 0 saturated heterocycles. The van der Waals surface area contributed by atoms with E-state index in [1.165, 1.54) is 270 Å². The molecule has 0 aromatic rings. The number of ether oxygens (including phenoxy) is 2. The second-order valence-corrected chi connectivity index (χ2v) is 27.0. The number of carbonyl (C=O) groups is 2. The summed E-state index contributed by atoms with van der Waals surface area (Å²) in [6.45, 7) is 3.70. The van der Waals surface area contributed by atoms with Crippen LogP contribution < -0.4 is 5.73 Å². The van der Waals surface area contributed by atoms with Crippen molar-refractivity contribution in [3.8, 4) is 0 Å². The molecule has 0 saturated carbocycles. The van der Waals surface area contributed by atoms with Gasteiger partial charge >= 0.3 is 19.8 Å². The molecule has 0 spiro atoms. The Morgan fingerprint density at radius 1 is 0.352 bits per heavy atom. The molecule has 0 aliphatic rings. The lowest BCUT2D eigenvalue weighted by Gasteiger charge is -2.19. The lowest BCUT2D eigenvalue weighted by Crippen LogP contribution is -2.29. The van der Waals surface area contributed by atoms with Crippen LogP contribution in [-0.2, 0) is 32.7 Å². The molecule has 0 heterocycles. The van der Waals surface area contributed by atoms with Crippen molar-refractivity contribution in [2.24, 2.45) is 5.73 Å². The number of rotatable bonds is 72. The number of hydrogen-bond donors (Lipinski definition) is 2. The molecule has 0 aliphatic heterocycles. The molecule has 9 nitrogen and oxygen atoms in total. The number of esters is 2. The summed E-state index contributed by atoms with van der Waals surface area (Å²) in [6, 6.07) is 0. The lowest BCUT2D eigenvalue weighted by molar-refractivity contribution is -0.161. The zero-order valence-electron chi connectivity index (χ0n) is 58.0. The van der Waals surface area contributed by atoms with E-state index in [9.17, 15) is 19.0 Å². The van der Waals surface area contributed by atoms with Gasteiger partial charge in [0.15, 0.2) is 6.10 Å². The van der Waals surface area contributed by atoms with Gasteiger partial charge in [0.25, 0.3) is 0 Å². The number of carbonyl (C=O) groups excluding carboxylic acids is 2. The van der Waals surface area contributed by atoms with Gasteiger partial charge in [-0.2, -0.15) is 0 Å². The minimum atomic E-state index is -4.39. The van der Waals surface area contributed by atoms with Crippen LogP contribution in [0, 0.1) is 0 Å². The van der Waals surface area contributed by atoms with E-state index < -0.39 is 26.5 Å². The summed E-state index contributed by atoms with van der Waals surface area (Å²) in [5.74, 6) is -0.807. The van der Waals surface area contributed by atoms with Crippen molar-refractivity contribution in [2.75, 3.05) is 26.4 Å². The highest BCUT2D eigenvalue weighted by Gasteiger charge is 2.26. The lowest BCUT2D eigenvalue weighted by atomic mass is 10.0. The maximum Gasteiger partial charge on any atom is 0.472 e. The minimum Gasteiger partial charge on any atom is -0.462 e. The smallest absolute Gasteiger partial charge is 0.462 e. The SMILES string of the molecule is CC/C=C\C/C=C\C/C=C\C/C=C\C/C=C\C/C=C\CCCCCCCCCCCCCCCCCCCCC(=O)OC(COC(=O)CCCCCCCCCCCCCCCCCCCCCCCCCCCCCCCC)COP(=O)(O)OCCN. The fourth-order valence-electron chi connectivity index (χ4n) is 11.3. The van der Waals surface area contributed by atoms with Crippen molar-refractivity contribution in [1.82, 2.24) is 0 Å². The third-order valence-corrected chi connectivity index (χ3v) is 17.8. The summed E-state index contributed by atoms with van der Waals surface area (Å²) in [5.41, 5.74) is 5.41. The largest absolute Gasteiger partial charge is 0.472 e. The molecule has 0 amide bonds. The Kier molecular flexibility index (Phi) is 71.4. The second kappa shape index (κ2) is 73.5. The summed E-state index contributed by atoms with van der Waals surface area (Å²) in [7, 11) is -4.39. The van der Waals surface area contributed by atoms with Crippen molar-refractivity contribution in [2.45, 2.75) is 386 Å². The molecule has 2 atom stereocenters. The number of nitrogens with two attached hydrogens (primary N) is 1. The number of phosphoric ester groups is 1. The monoisotopic (exact) mass is 1250 g/mol. The average Bonchev–Trinajstić information content (AvgIpc) is 3.60. The van der Waals surface area contributed by atoms with Gasteiger partial charge in [0, 0.05) is 19.4 Å². The molecule has 0 aliphatic carbocycles. The third kappa shape index (κ3) is 72.5. The first kappa shape index (κ1) is 85.5. The van der Waals surface area contributed by atoms with Crippen molar-refractivity contribution < 1.29 is 37.6 Å². The van der Waals surface area contributed by atoms with Gasteiger partial charge in [-0.05, 0) is 64.2 Å².